The van der Waals surface area contributed by atoms with E-state index in [0.717, 1.165) is 26.4 Å². The summed E-state index contributed by atoms with van der Waals surface area (Å²) in [6.45, 7) is 4.85. The maximum Gasteiger partial charge on any atom is 0.573 e. The van der Waals surface area contributed by atoms with E-state index < -0.39 is 25.1 Å². The number of rotatable bonds is 7. The van der Waals surface area contributed by atoms with Crippen molar-refractivity contribution in [3.8, 4) is 11.5 Å². The summed E-state index contributed by atoms with van der Waals surface area (Å²) in [6, 6.07) is 8.08. The highest BCUT2D eigenvalue weighted by atomic mass is 19.4. The minimum absolute atomic E-state index is 0.0195. The molecule has 218 valence electrons. The average molecular weight is 573 g/mol. The van der Waals surface area contributed by atoms with Crippen molar-refractivity contribution < 1.29 is 45.3 Å². The summed E-state index contributed by atoms with van der Waals surface area (Å²) in [7, 11) is 1.11. The van der Waals surface area contributed by atoms with Gasteiger partial charge in [0.1, 0.15) is 22.9 Å². The van der Waals surface area contributed by atoms with E-state index in [4.69, 9.17) is 14.5 Å². The first-order chi connectivity index (χ1) is 18.5. The third kappa shape index (κ3) is 7.19. The van der Waals surface area contributed by atoms with E-state index in [1.54, 1.807) is 0 Å². The van der Waals surface area contributed by atoms with Gasteiger partial charge < -0.3 is 18.8 Å². The van der Waals surface area contributed by atoms with Gasteiger partial charge in [-0.1, -0.05) is 32.9 Å². The fraction of sp³-hybridized carbons (Fsp3) is 0.500. The molecule has 1 aliphatic carbocycles. The Morgan fingerprint density at radius 3 is 2.33 bits per heavy atom. The lowest BCUT2D eigenvalue weighted by Crippen LogP contribution is -2.30. The van der Waals surface area contributed by atoms with Gasteiger partial charge in [0, 0.05) is 18.5 Å². The van der Waals surface area contributed by atoms with Crippen molar-refractivity contribution in [2.24, 2.45) is 11.3 Å². The number of fused-ring (bicyclic) bond motifs is 1. The summed E-state index contributed by atoms with van der Waals surface area (Å²) in [6.07, 6.45) is -6.66. The number of alkyl halides is 6. The molecule has 0 bridgehead atoms. The first-order valence-electron chi connectivity index (χ1n) is 12.7. The Kier molecular flexibility index (Phi) is 8.01. The molecule has 6 nitrogen and oxygen atoms in total. The summed E-state index contributed by atoms with van der Waals surface area (Å²) in [5.41, 5.74) is 1.29. The summed E-state index contributed by atoms with van der Waals surface area (Å²) in [4.78, 5) is 17.2. The van der Waals surface area contributed by atoms with Crippen LogP contribution in [0.5, 0.6) is 11.5 Å². The molecule has 1 heterocycles. The van der Waals surface area contributed by atoms with Crippen LogP contribution in [0.25, 0.3) is 11.0 Å². The molecule has 1 fully saturated rings. The van der Waals surface area contributed by atoms with Crippen LogP contribution in [0, 0.1) is 11.3 Å². The zero-order valence-electron chi connectivity index (χ0n) is 22.4. The molecule has 12 heteroatoms. The zero-order valence-corrected chi connectivity index (χ0v) is 22.4. The molecule has 4 rings (SSSR count). The van der Waals surface area contributed by atoms with Crippen LogP contribution in [0.15, 0.2) is 36.4 Å². The highest BCUT2D eigenvalue weighted by Crippen LogP contribution is 2.46. The predicted molar refractivity (Wildman–Crippen MR) is 134 cm³/mol. The summed E-state index contributed by atoms with van der Waals surface area (Å²) in [5.74, 6) is -0.600. The van der Waals surface area contributed by atoms with Crippen LogP contribution < -0.4 is 9.47 Å². The third-order valence-electron chi connectivity index (χ3n) is 6.91. The van der Waals surface area contributed by atoms with E-state index in [-0.39, 0.29) is 34.9 Å². The van der Waals surface area contributed by atoms with Crippen LogP contribution in [0.3, 0.4) is 0 Å². The molecule has 0 aliphatic heterocycles. The molecule has 3 aromatic rings. The Labute approximate surface area is 227 Å². The largest absolute Gasteiger partial charge is 0.573 e. The van der Waals surface area contributed by atoms with Gasteiger partial charge in [-0.3, -0.25) is 0 Å². The minimum atomic E-state index is -4.82. The number of aromatic nitrogens is 2. The smallest absolute Gasteiger partial charge is 0.483 e. The first-order valence-corrected chi connectivity index (χ1v) is 12.7. The molecule has 1 aromatic heterocycles. The molecular weight excluding hydrogens is 542 g/mol. The molecule has 0 radical (unpaired) electrons. The molecule has 2 aromatic carbocycles. The monoisotopic (exact) mass is 572 g/mol. The topological polar surface area (TPSA) is 62.6 Å². The van der Waals surface area contributed by atoms with Crippen molar-refractivity contribution in [3.05, 3.63) is 53.3 Å². The van der Waals surface area contributed by atoms with Crippen LogP contribution >= 0.6 is 0 Å². The van der Waals surface area contributed by atoms with E-state index >= 15 is 0 Å². The Morgan fingerprint density at radius 1 is 1.07 bits per heavy atom. The normalized spacial score (nSPS) is 19.4. The van der Waals surface area contributed by atoms with Gasteiger partial charge in [-0.05, 0) is 54.4 Å². The van der Waals surface area contributed by atoms with E-state index in [1.165, 1.54) is 36.4 Å². The number of carbonyl (C=O) groups excluding carboxylic acids is 1. The summed E-state index contributed by atoms with van der Waals surface area (Å²) in [5, 5.41) is 0. The number of methoxy groups -OCH3 is 1. The first kappa shape index (κ1) is 29.5. The molecule has 1 unspecified atom stereocenters. The Balaban J connectivity index is 1.82. The van der Waals surface area contributed by atoms with Crippen molar-refractivity contribution in [3.63, 3.8) is 0 Å². The maximum atomic E-state index is 13.0. The molecular formula is C28H30F6N2O4. The van der Waals surface area contributed by atoms with Gasteiger partial charge in [-0.15, -0.1) is 13.2 Å². The third-order valence-corrected chi connectivity index (χ3v) is 6.91. The van der Waals surface area contributed by atoms with Gasteiger partial charge in [0.2, 0.25) is 0 Å². The van der Waals surface area contributed by atoms with E-state index in [2.05, 4.69) is 25.5 Å². The van der Waals surface area contributed by atoms with Gasteiger partial charge in [-0.25, -0.2) is 9.78 Å². The number of hydrogen-bond donors (Lipinski definition) is 0. The number of hydrogen-bond acceptors (Lipinski definition) is 5. The van der Waals surface area contributed by atoms with Crippen molar-refractivity contribution in [1.82, 2.24) is 9.55 Å². The average Bonchev–Trinajstić information content (AvgIpc) is 3.16. The minimum Gasteiger partial charge on any atom is -0.483 e. The lowest BCUT2D eigenvalue weighted by atomic mass is 9.70. The van der Waals surface area contributed by atoms with E-state index in [1.807, 2.05) is 4.57 Å². The molecule has 1 aliphatic rings. The second kappa shape index (κ2) is 10.9. The van der Waals surface area contributed by atoms with Crippen LogP contribution in [-0.2, 0) is 11.2 Å². The van der Waals surface area contributed by atoms with Crippen LogP contribution in [0.4, 0.5) is 26.3 Å². The van der Waals surface area contributed by atoms with Crippen LogP contribution in [0.2, 0.25) is 0 Å². The van der Waals surface area contributed by atoms with Gasteiger partial charge >= 0.3 is 18.5 Å². The van der Waals surface area contributed by atoms with Gasteiger partial charge in [-0.2, -0.15) is 13.2 Å². The van der Waals surface area contributed by atoms with Crippen LogP contribution in [-0.4, -0.2) is 41.8 Å². The number of ether oxygens (including phenoxy) is 3. The number of esters is 1. The zero-order chi connectivity index (χ0) is 29.5. The van der Waals surface area contributed by atoms with E-state index in [0.29, 0.717) is 28.3 Å². The van der Waals surface area contributed by atoms with Crippen molar-refractivity contribution in [2.45, 2.75) is 65.0 Å². The highest BCUT2D eigenvalue weighted by Gasteiger charge is 2.36. The second-order valence-corrected chi connectivity index (χ2v) is 11.1. The fourth-order valence-electron chi connectivity index (χ4n) is 5.74. The molecule has 0 N–H and O–H groups in total. The quantitative estimate of drug-likeness (QED) is 0.215. The number of nitrogens with zero attached hydrogens (tertiary/aromatic N) is 2. The molecule has 2 atom stereocenters. The van der Waals surface area contributed by atoms with Crippen molar-refractivity contribution in [2.75, 3.05) is 13.7 Å². The van der Waals surface area contributed by atoms with Crippen molar-refractivity contribution >= 4 is 17.0 Å². The predicted octanol–water partition coefficient (Wildman–Crippen LogP) is 7.64. The second-order valence-electron chi connectivity index (χ2n) is 11.1. The fourth-order valence-corrected chi connectivity index (χ4v) is 5.74. The Bertz CT molecular complexity index is 1360. The van der Waals surface area contributed by atoms with Crippen LogP contribution in [0.1, 0.15) is 67.8 Å². The molecule has 0 amide bonds. The Morgan fingerprint density at radius 2 is 1.75 bits per heavy atom. The maximum absolute atomic E-state index is 13.0. The number of carbonyl (C=O) groups is 1. The van der Waals surface area contributed by atoms with Crippen molar-refractivity contribution in [1.29, 1.82) is 0 Å². The van der Waals surface area contributed by atoms with Gasteiger partial charge in [0.05, 0.1) is 18.1 Å². The molecule has 40 heavy (non-hydrogen) atoms. The van der Waals surface area contributed by atoms with Gasteiger partial charge in [0.25, 0.3) is 0 Å². The number of imidazole rings is 1. The Hall–Kier alpha value is -3.44. The summed E-state index contributed by atoms with van der Waals surface area (Å²) >= 11 is 0. The standard InChI is InChI=1S/C28H30F6N2O4/c1-16-9-18(14-26(2,3)13-16)36-22-12-23(39-15-27(29,30)31)20(25(37)38-4)11-21(22)35-24(36)10-17-5-7-19(8-6-17)40-28(32,33)34/h5-8,11-12,16,18H,9-10,13-15H2,1-4H3/t16-,18?/m0/s1. The number of benzene rings is 2. The van der Waals surface area contributed by atoms with Gasteiger partial charge in [0.15, 0.2) is 6.61 Å². The molecule has 0 saturated heterocycles. The highest BCUT2D eigenvalue weighted by molar-refractivity contribution is 5.97. The molecule has 0 spiro atoms. The molecule has 1 saturated carbocycles. The number of halogens is 6. The summed E-state index contributed by atoms with van der Waals surface area (Å²) < 4.78 is 92.5. The lowest BCUT2D eigenvalue weighted by Gasteiger charge is -2.40. The SMILES string of the molecule is COC(=O)c1cc2nc(Cc3ccc(OC(F)(F)F)cc3)n(C3C[C@H](C)CC(C)(C)C3)c2cc1OCC(F)(F)F. The lowest BCUT2D eigenvalue weighted by molar-refractivity contribution is -0.274. The van der Waals surface area contributed by atoms with E-state index in [9.17, 15) is 31.1 Å².